The lowest BCUT2D eigenvalue weighted by molar-refractivity contribution is -0.153. The van der Waals surface area contributed by atoms with Gasteiger partial charge in [-0.2, -0.15) is 26.3 Å². The summed E-state index contributed by atoms with van der Waals surface area (Å²) in [5, 5.41) is 14.5. The van der Waals surface area contributed by atoms with Crippen molar-refractivity contribution in [2.24, 2.45) is 0 Å². The third kappa shape index (κ3) is 13.1. The summed E-state index contributed by atoms with van der Waals surface area (Å²) in [4.78, 5) is 0. The number of alkyl halides is 4. The summed E-state index contributed by atoms with van der Waals surface area (Å²) in [6, 6.07) is 0. The summed E-state index contributed by atoms with van der Waals surface area (Å²) >= 11 is 0. The number of aliphatic hydroxyl groups excluding tert-OH is 2. The molecule has 10 heteroatoms. The van der Waals surface area contributed by atoms with E-state index < -0.39 is 31.1 Å². The minimum atomic E-state index is -4.24. The molecule has 0 saturated carbocycles. The first-order chi connectivity index (χ1) is 7.15. The molecular weight excluding hydrogens is 256 g/mol. The van der Waals surface area contributed by atoms with Crippen LogP contribution in [0.1, 0.15) is 0 Å². The van der Waals surface area contributed by atoms with Crippen LogP contribution in [0.2, 0.25) is 0 Å². The van der Waals surface area contributed by atoms with Gasteiger partial charge in [-0.25, -0.2) is 8.78 Å². The van der Waals surface area contributed by atoms with Crippen molar-refractivity contribution < 1.29 is 45.3 Å². The van der Waals surface area contributed by atoms with E-state index in [9.17, 15) is 35.1 Å². The first kappa shape index (κ1) is 20.5. The van der Waals surface area contributed by atoms with Crippen molar-refractivity contribution >= 4 is 0 Å². The number of hydrogen-bond acceptors (Lipinski definition) is 2. The van der Waals surface area contributed by atoms with Crippen LogP contribution in [-0.2, 0) is 0 Å². The highest BCUT2D eigenvalue weighted by atomic mass is 19.3. The van der Waals surface area contributed by atoms with Crippen LogP contribution in [0, 0.1) is 0 Å². The van der Waals surface area contributed by atoms with Crippen LogP contribution in [0.15, 0.2) is 12.2 Å². The van der Waals surface area contributed by atoms with E-state index in [0.717, 1.165) is 7.11 Å². The molecule has 0 amide bonds. The predicted molar refractivity (Wildman–Crippen MR) is 37.6 cm³/mol. The van der Waals surface area contributed by atoms with Crippen molar-refractivity contribution in [2.45, 2.75) is 12.3 Å². The molecule has 0 aliphatic rings. The van der Waals surface area contributed by atoms with Gasteiger partial charge in [0.05, 0.1) is 0 Å². The molecule has 0 rings (SSSR count). The summed E-state index contributed by atoms with van der Waals surface area (Å²) < 4.78 is 85.5. The largest absolute Gasteiger partial charge is 0.400 e. The van der Waals surface area contributed by atoms with Crippen molar-refractivity contribution in [1.82, 2.24) is 0 Å². The quantitative estimate of drug-likeness (QED) is 0.752. The summed E-state index contributed by atoms with van der Waals surface area (Å²) in [5.41, 5.74) is 0. The number of aliphatic hydroxyl groups is 2. The molecule has 0 aliphatic heterocycles. The highest BCUT2D eigenvalue weighted by Gasteiger charge is 2.39. The summed E-state index contributed by atoms with van der Waals surface area (Å²) in [6.07, 6.45) is -9.59. The Balaban J connectivity index is -0.000000188. The first-order valence-electron chi connectivity index (χ1n) is 3.23. The Labute approximate surface area is 84.8 Å². The van der Waals surface area contributed by atoms with Crippen LogP contribution in [-0.4, -0.2) is 36.3 Å². The molecule has 0 aliphatic carbocycles. The van der Waals surface area contributed by atoms with E-state index in [2.05, 4.69) is 0 Å². The van der Waals surface area contributed by atoms with Crippen LogP contribution in [0.4, 0.5) is 35.1 Å². The van der Waals surface area contributed by atoms with Gasteiger partial charge < -0.3 is 10.2 Å². The van der Waals surface area contributed by atoms with Gasteiger partial charge >= 0.3 is 24.5 Å². The van der Waals surface area contributed by atoms with Crippen LogP contribution >= 0.6 is 0 Å². The average molecular weight is 264 g/mol. The summed E-state index contributed by atoms with van der Waals surface area (Å²) in [7, 11) is 1.00. The van der Waals surface area contributed by atoms with Gasteiger partial charge in [-0.15, -0.1) is 0 Å². The zero-order chi connectivity index (χ0) is 13.9. The zero-order valence-electron chi connectivity index (χ0n) is 7.70. The smallest absolute Gasteiger partial charge is 0.334 e. The molecular formula is C6H8F8O2. The van der Waals surface area contributed by atoms with Crippen LogP contribution in [0.5, 0.6) is 0 Å². The van der Waals surface area contributed by atoms with Gasteiger partial charge in [0.15, 0.2) is 0 Å². The third-order valence-corrected chi connectivity index (χ3v) is 0.673. The standard InChI is InChI=1S/C3H4F4O.C2F4.CH4O/c4-2(5)3(6,7)1-8;3-1(4)2(5)6;1-2/h2,8H,1H2;;2H,1H3. The van der Waals surface area contributed by atoms with Crippen LogP contribution in [0.25, 0.3) is 0 Å². The Morgan fingerprint density at radius 3 is 1.25 bits per heavy atom. The zero-order valence-corrected chi connectivity index (χ0v) is 7.70. The Hall–Kier alpha value is -0.900. The maximum absolute atomic E-state index is 11.3. The predicted octanol–water partition coefficient (Wildman–Crippen LogP) is 2.48. The molecule has 0 saturated heterocycles. The van der Waals surface area contributed by atoms with Crippen molar-refractivity contribution in [3.05, 3.63) is 12.2 Å². The fraction of sp³-hybridized carbons (Fsp3) is 0.667. The Bertz CT molecular complexity index is 175. The highest BCUT2D eigenvalue weighted by molar-refractivity contribution is 4.77. The van der Waals surface area contributed by atoms with Gasteiger partial charge in [0.1, 0.15) is 6.61 Å². The molecule has 0 radical (unpaired) electrons. The molecule has 0 fully saturated rings. The highest BCUT2D eigenvalue weighted by Crippen LogP contribution is 2.20. The van der Waals surface area contributed by atoms with E-state index >= 15 is 0 Å². The maximum atomic E-state index is 11.3. The molecule has 100 valence electrons. The normalized spacial score (nSPS) is 9.75. The molecule has 0 atom stereocenters. The van der Waals surface area contributed by atoms with Crippen LogP contribution < -0.4 is 0 Å². The molecule has 0 aromatic carbocycles. The minimum Gasteiger partial charge on any atom is -0.400 e. The van der Waals surface area contributed by atoms with Gasteiger partial charge in [-0.05, 0) is 0 Å². The summed E-state index contributed by atoms with van der Waals surface area (Å²) in [6.45, 7) is -1.80. The number of halogens is 8. The van der Waals surface area contributed by atoms with Crippen LogP contribution in [0.3, 0.4) is 0 Å². The van der Waals surface area contributed by atoms with Gasteiger partial charge in [0, 0.05) is 7.11 Å². The lowest BCUT2D eigenvalue weighted by Gasteiger charge is -2.09. The number of rotatable bonds is 2. The Morgan fingerprint density at radius 2 is 1.25 bits per heavy atom. The van der Waals surface area contributed by atoms with Crippen molar-refractivity contribution in [3.63, 3.8) is 0 Å². The van der Waals surface area contributed by atoms with E-state index in [1.165, 1.54) is 0 Å². The van der Waals surface area contributed by atoms with E-state index in [-0.39, 0.29) is 0 Å². The second kappa shape index (κ2) is 10.6. The fourth-order valence-electron chi connectivity index (χ4n) is 0.0690. The lowest BCUT2D eigenvalue weighted by Crippen LogP contribution is -2.30. The maximum Gasteiger partial charge on any atom is 0.334 e. The molecule has 2 N–H and O–H groups in total. The minimum absolute atomic E-state index is 1.00. The topological polar surface area (TPSA) is 40.5 Å². The third-order valence-electron chi connectivity index (χ3n) is 0.673. The van der Waals surface area contributed by atoms with Gasteiger partial charge in [-0.3, -0.25) is 0 Å². The van der Waals surface area contributed by atoms with E-state index in [0.29, 0.717) is 0 Å². The number of hydrogen-bond donors (Lipinski definition) is 2. The molecule has 0 spiro atoms. The molecule has 0 unspecified atom stereocenters. The second-order valence-electron chi connectivity index (χ2n) is 1.74. The molecule has 2 nitrogen and oxygen atoms in total. The molecule has 16 heavy (non-hydrogen) atoms. The summed E-state index contributed by atoms with van der Waals surface area (Å²) in [5.74, 6) is -4.24. The molecule has 0 heterocycles. The molecule has 0 aromatic rings. The van der Waals surface area contributed by atoms with Crippen molar-refractivity contribution in [2.75, 3.05) is 13.7 Å². The van der Waals surface area contributed by atoms with Gasteiger partial charge in [-0.1, -0.05) is 0 Å². The Morgan fingerprint density at radius 1 is 1.00 bits per heavy atom. The molecule has 0 bridgehead atoms. The van der Waals surface area contributed by atoms with E-state index in [4.69, 9.17) is 10.2 Å². The van der Waals surface area contributed by atoms with E-state index in [1.807, 2.05) is 0 Å². The van der Waals surface area contributed by atoms with Crippen molar-refractivity contribution in [3.8, 4) is 0 Å². The Kier molecular flexibility index (Phi) is 13.6. The fourth-order valence-corrected chi connectivity index (χ4v) is 0.0690. The second-order valence-corrected chi connectivity index (χ2v) is 1.74. The molecule has 0 aromatic heterocycles. The van der Waals surface area contributed by atoms with Crippen molar-refractivity contribution in [1.29, 1.82) is 0 Å². The lowest BCUT2D eigenvalue weighted by atomic mass is 10.4. The average Bonchev–Trinajstić information content (AvgIpc) is 2.21. The first-order valence-corrected chi connectivity index (χ1v) is 3.23. The van der Waals surface area contributed by atoms with Gasteiger partial charge in [0.25, 0.3) is 0 Å². The monoisotopic (exact) mass is 264 g/mol. The van der Waals surface area contributed by atoms with E-state index in [1.54, 1.807) is 0 Å². The SMILES string of the molecule is CO.FC(F)=C(F)F.OCC(F)(F)C(F)F. The van der Waals surface area contributed by atoms with Gasteiger partial charge in [0.2, 0.25) is 0 Å².